The van der Waals surface area contributed by atoms with Crippen molar-refractivity contribution in [1.82, 2.24) is 9.88 Å². The van der Waals surface area contributed by atoms with Crippen LogP contribution in [0.4, 0.5) is 0 Å². The fourth-order valence-corrected chi connectivity index (χ4v) is 2.15. The molecule has 5 nitrogen and oxygen atoms in total. The average molecular weight is 234 g/mol. The first-order valence-electron chi connectivity index (χ1n) is 5.50. The monoisotopic (exact) mass is 234 g/mol. The van der Waals surface area contributed by atoms with Crippen LogP contribution >= 0.6 is 0 Å². The zero-order chi connectivity index (χ0) is 12.6. The van der Waals surface area contributed by atoms with Crippen molar-refractivity contribution in [2.75, 3.05) is 0 Å². The van der Waals surface area contributed by atoms with Crippen molar-refractivity contribution in [3.63, 3.8) is 0 Å². The van der Waals surface area contributed by atoms with Crippen LogP contribution in [0.15, 0.2) is 18.3 Å². The van der Waals surface area contributed by atoms with E-state index in [1.54, 1.807) is 32.2 Å². The van der Waals surface area contributed by atoms with Gasteiger partial charge in [-0.1, -0.05) is 19.9 Å². The number of hydrogen-bond acceptors (Lipinski definition) is 3. The number of fused-ring (bicyclic) bond motifs is 1. The summed E-state index contributed by atoms with van der Waals surface area (Å²) in [5.41, 5.74) is 1.17. The average Bonchev–Trinajstić information content (AvgIpc) is 2.56. The van der Waals surface area contributed by atoms with Gasteiger partial charge in [0.15, 0.2) is 0 Å². The summed E-state index contributed by atoms with van der Waals surface area (Å²) in [6, 6.07) is 2.76. The predicted octanol–water partition coefficient (Wildman–Crippen LogP) is 1.15. The van der Waals surface area contributed by atoms with E-state index in [9.17, 15) is 14.7 Å². The first kappa shape index (κ1) is 11.6. The van der Waals surface area contributed by atoms with Gasteiger partial charge in [0.25, 0.3) is 5.91 Å². The molecule has 1 aromatic heterocycles. The second-order valence-electron chi connectivity index (χ2n) is 4.47. The van der Waals surface area contributed by atoms with E-state index < -0.39 is 12.0 Å². The van der Waals surface area contributed by atoms with Crippen LogP contribution in [0, 0.1) is 5.92 Å². The lowest BCUT2D eigenvalue weighted by molar-refractivity contribution is -0.144. The molecule has 1 N–H and O–H groups in total. The van der Waals surface area contributed by atoms with Gasteiger partial charge in [-0.05, 0) is 12.0 Å². The van der Waals surface area contributed by atoms with Crippen molar-refractivity contribution >= 4 is 11.9 Å². The van der Waals surface area contributed by atoms with E-state index in [0.29, 0.717) is 12.2 Å². The van der Waals surface area contributed by atoms with Crippen molar-refractivity contribution in [3.05, 3.63) is 29.6 Å². The Hall–Kier alpha value is -1.91. The van der Waals surface area contributed by atoms with Crippen LogP contribution in [0.2, 0.25) is 0 Å². The molecule has 1 atom stereocenters. The van der Waals surface area contributed by atoms with Crippen molar-refractivity contribution in [2.24, 2.45) is 5.92 Å². The van der Waals surface area contributed by atoms with Gasteiger partial charge in [-0.15, -0.1) is 0 Å². The minimum Gasteiger partial charge on any atom is -0.480 e. The van der Waals surface area contributed by atoms with Gasteiger partial charge in [-0.2, -0.15) is 0 Å². The largest absolute Gasteiger partial charge is 0.480 e. The molecular formula is C12H14N2O3. The molecule has 0 aromatic carbocycles. The lowest BCUT2D eigenvalue weighted by Crippen LogP contribution is -2.44. The van der Waals surface area contributed by atoms with Gasteiger partial charge < -0.3 is 10.0 Å². The Balaban J connectivity index is 2.33. The Bertz CT molecular complexity index is 471. The molecule has 0 fully saturated rings. The molecule has 0 aliphatic carbocycles. The number of rotatable bonds is 3. The molecule has 2 rings (SSSR count). The second-order valence-corrected chi connectivity index (χ2v) is 4.47. The number of aliphatic carboxylic acids is 1. The van der Waals surface area contributed by atoms with Crippen LogP contribution in [0.3, 0.4) is 0 Å². The Morgan fingerprint density at radius 1 is 1.53 bits per heavy atom. The molecule has 0 radical (unpaired) electrons. The Morgan fingerprint density at radius 3 is 2.76 bits per heavy atom. The smallest absolute Gasteiger partial charge is 0.326 e. The number of hydrogen-bond donors (Lipinski definition) is 1. The number of nitrogens with zero attached hydrogens (tertiary/aromatic N) is 2. The van der Waals surface area contributed by atoms with Gasteiger partial charge in [0.1, 0.15) is 11.7 Å². The summed E-state index contributed by atoms with van der Waals surface area (Å²) < 4.78 is 0. The lowest BCUT2D eigenvalue weighted by Gasteiger charge is -2.26. The summed E-state index contributed by atoms with van der Waals surface area (Å²) in [5.74, 6) is -1.39. The first-order chi connectivity index (χ1) is 8.02. The van der Waals surface area contributed by atoms with Crippen LogP contribution < -0.4 is 0 Å². The van der Waals surface area contributed by atoms with Crippen LogP contribution in [0.5, 0.6) is 0 Å². The van der Waals surface area contributed by atoms with Crippen LogP contribution in [-0.4, -0.2) is 32.9 Å². The predicted molar refractivity (Wildman–Crippen MR) is 60.4 cm³/mol. The maximum absolute atomic E-state index is 12.0. The van der Waals surface area contributed by atoms with E-state index in [1.165, 1.54) is 4.90 Å². The highest BCUT2D eigenvalue weighted by Gasteiger charge is 2.38. The number of amides is 1. The normalized spacial score (nSPS) is 16.2. The van der Waals surface area contributed by atoms with Crippen molar-refractivity contribution < 1.29 is 14.7 Å². The van der Waals surface area contributed by atoms with Crippen LogP contribution in [0.1, 0.15) is 29.9 Å². The topological polar surface area (TPSA) is 70.5 Å². The third-order valence-corrected chi connectivity index (χ3v) is 2.92. The number of carboxylic acids is 1. The van der Waals surface area contributed by atoms with Gasteiger partial charge in [0, 0.05) is 18.3 Å². The van der Waals surface area contributed by atoms with Gasteiger partial charge in [-0.25, -0.2) is 4.79 Å². The minimum absolute atomic E-state index is 0.134. The number of carbonyl (C=O) groups is 2. The van der Waals surface area contributed by atoms with E-state index in [4.69, 9.17) is 0 Å². The fourth-order valence-electron chi connectivity index (χ4n) is 2.15. The number of carbonyl (C=O) groups excluding carboxylic acids is 1. The van der Waals surface area contributed by atoms with Crippen LogP contribution in [0.25, 0.3) is 0 Å². The first-order valence-corrected chi connectivity index (χ1v) is 5.50. The zero-order valence-corrected chi connectivity index (χ0v) is 9.75. The quantitative estimate of drug-likeness (QED) is 0.851. The molecule has 1 amide bonds. The molecule has 17 heavy (non-hydrogen) atoms. The molecule has 0 unspecified atom stereocenters. The van der Waals surface area contributed by atoms with Crippen molar-refractivity contribution in [3.8, 4) is 0 Å². The third kappa shape index (κ3) is 1.88. The van der Waals surface area contributed by atoms with Gasteiger partial charge in [0.05, 0.1) is 0 Å². The van der Waals surface area contributed by atoms with E-state index in [-0.39, 0.29) is 11.8 Å². The molecule has 0 saturated carbocycles. The van der Waals surface area contributed by atoms with Crippen molar-refractivity contribution in [2.45, 2.75) is 26.4 Å². The maximum Gasteiger partial charge on any atom is 0.326 e. The summed E-state index contributed by atoms with van der Waals surface area (Å²) in [6.45, 7) is 3.92. The molecule has 1 aliphatic heterocycles. The molecule has 1 aromatic rings. The molecule has 5 heteroatoms. The molecule has 0 spiro atoms. The summed E-state index contributed by atoms with van der Waals surface area (Å²) in [7, 11) is 0. The molecule has 0 saturated heterocycles. The highest BCUT2D eigenvalue weighted by Crippen LogP contribution is 2.25. The highest BCUT2D eigenvalue weighted by molar-refractivity contribution is 5.98. The van der Waals surface area contributed by atoms with Crippen molar-refractivity contribution in [1.29, 1.82) is 0 Å². The van der Waals surface area contributed by atoms with E-state index in [2.05, 4.69) is 4.98 Å². The molecule has 2 heterocycles. The van der Waals surface area contributed by atoms with E-state index in [1.807, 2.05) is 0 Å². The summed E-state index contributed by atoms with van der Waals surface area (Å²) in [4.78, 5) is 28.6. The highest BCUT2D eigenvalue weighted by atomic mass is 16.4. The standard InChI is InChI=1S/C12H14N2O3/c1-7(2)10(12(16)17)14-6-8-4-3-5-13-9(8)11(14)15/h3-5,7,10H,6H2,1-2H3,(H,16,17)/t10-/m0/s1. The van der Waals surface area contributed by atoms with E-state index in [0.717, 1.165) is 5.56 Å². The molecular weight excluding hydrogens is 220 g/mol. The lowest BCUT2D eigenvalue weighted by atomic mass is 10.0. The SMILES string of the molecule is CC(C)[C@@H](C(=O)O)N1Cc2cccnc2C1=O. The molecule has 90 valence electrons. The van der Waals surface area contributed by atoms with Gasteiger partial charge in [0.2, 0.25) is 0 Å². The maximum atomic E-state index is 12.0. The van der Waals surface area contributed by atoms with Gasteiger partial charge >= 0.3 is 5.97 Å². The second kappa shape index (κ2) is 4.16. The summed E-state index contributed by atoms with van der Waals surface area (Å²) in [5, 5.41) is 9.19. The summed E-state index contributed by atoms with van der Waals surface area (Å²) >= 11 is 0. The fraction of sp³-hybridized carbons (Fsp3) is 0.417. The minimum atomic E-state index is -0.971. The molecule has 1 aliphatic rings. The van der Waals surface area contributed by atoms with Crippen LogP contribution in [-0.2, 0) is 11.3 Å². The van der Waals surface area contributed by atoms with Gasteiger partial charge in [-0.3, -0.25) is 9.78 Å². The number of carboxylic acid groups (broad SMARTS) is 1. The number of aromatic nitrogens is 1. The van der Waals surface area contributed by atoms with E-state index >= 15 is 0 Å². The Morgan fingerprint density at radius 2 is 2.24 bits per heavy atom. The summed E-state index contributed by atoms with van der Waals surface area (Å²) in [6.07, 6.45) is 1.55. The molecule has 0 bridgehead atoms. The Labute approximate surface area is 99.1 Å². The Kier molecular flexibility index (Phi) is 2.83. The number of pyridine rings is 1. The zero-order valence-electron chi connectivity index (χ0n) is 9.75. The third-order valence-electron chi connectivity index (χ3n) is 2.92.